The molecule has 1 aliphatic heterocycles. The lowest BCUT2D eigenvalue weighted by Crippen LogP contribution is -2.11. The lowest BCUT2D eigenvalue weighted by Gasteiger charge is -2.34. The number of nitrogens with zero attached hydrogens (tertiary/aromatic N) is 1. The van der Waals surface area contributed by atoms with E-state index in [9.17, 15) is 15.0 Å². The van der Waals surface area contributed by atoms with Crippen molar-refractivity contribution in [3.8, 4) is 0 Å². The molecule has 0 aliphatic carbocycles. The Bertz CT molecular complexity index is 399. The van der Waals surface area contributed by atoms with Crippen LogP contribution >= 0.6 is 7.49 Å². The first-order valence-corrected chi connectivity index (χ1v) is 8.21. The van der Waals surface area contributed by atoms with Gasteiger partial charge in [-0.25, -0.2) is 0 Å². The van der Waals surface area contributed by atoms with Gasteiger partial charge < -0.3 is 4.89 Å². The van der Waals surface area contributed by atoms with Gasteiger partial charge in [0.2, 0.25) is 0 Å². The first kappa shape index (κ1) is 12.5. The van der Waals surface area contributed by atoms with E-state index < -0.39 is 12.4 Å². The average molecular weight is 254 g/mol. The molecule has 0 aromatic heterocycles. The standard InChI is InChI=1S/C12H17NO3P/c14-13(15)12-6-4-11(5-7-12)10-17(16)8-2-1-3-9-17/h4-7,16H,1-3,8-10H2. The Morgan fingerprint density at radius 3 is 2.29 bits per heavy atom. The smallest absolute Gasteiger partial charge is 0.269 e. The first-order valence-electron chi connectivity index (χ1n) is 5.91. The van der Waals surface area contributed by atoms with Gasteiger partial charge in [-0.15, -0.1) is 0 Å². The molecule has 0 saturated carbocycles. The van der Waals surface area contributed by atoms with Crippen molar-refractivity contribution in [3.05, 3.63) is 39.9 Å². The van der Waals surface area contributed by atoms with Crippen LogP contribution in [0.5, 0.6) is 0 Å². The Morgan fingerprint density at radius 1 is 1.18 bits per heavy atom. The van der Waals surface area contributed by atoms with Crippen LogP contribution in [0.1, 0.15) is 24.8 Å². The SMILES string of the molecule is O=[N+]([O-])c1ccc(C[P]2(O)CCCCC2)cc1. The van der Waals surface area contributed by atoms with E-state index in [4.69, 9.17) is 0 Å². The summed E-state index contributed by atoms with van der Waals surface area (Å²) in [5.74, 6) is 0. The third-order valence-corrected chi connectivity index (χ3v) is 6.52. The molecular weight excluding hydrogens is 237 g/mol. The summed E-state index contributed by atoms with van der Waals surface area (Å²) in [5.41, 5.74) is 1.14. The zero-order chi connectivity index (χ0) is 12.3. The van der Waals surface area contributed by atoms with Crippen molar-refractivity contribution in [2.24, 2.45) is 0 Å². The Labute approximate surface area is 101 Å². The fourth-order valence-corrected chi connectivity index (χ4v) is 5.38. The summed E-state index contributed by atoms with van der Waals surface area (Å²) in [6.07, 6.45) is 6.08. The van der Waals surface area contributed by atoms with Crippen LogP contribution in [0, 0.1) is 10.1 Å². The van der Waals surface area contributed by atoms with E-state index in [0.717, 1.165) is 30.7 Å². The van der Waals surface area contributed by atoms with Gasteiger partial charge in [-0.3, -0.25) is 10.1 Å². The zero-order valence-electron chi connectivity index (χ0n) is 9.71. The molecule has 1 aromatic carbocycles. The lowest BCUT2D eigenvalue weighted by atomic mass is 10.2. The predicted octanol–water partition coefficient (Wildman–Crippen LogP) is 3.20. The molecule has 1 heterocycles. The second kappa shape index (κ2) is 5.11. The number of nitro benzene ring substituents is 1. The maximum Gasteiger partial charge on any atom is 0.269 e. The molecule has 93 valence electrons. The maximum atomic E-state index is 10.5. The van der Waals surface area contributed by atoms with Crippen molar-refractivity contribution in [2.75, 3.05) is 12.3 Å². The largest absolute Gasteiger partial charge is 0.380 e. The average Bonchev–Trinajstić information content (AvgIpc) is 2.30. The molecule has 4 nitrogen and oxygen atoms in total. The number of hydrogen-bond donors (Lipinski definition) is 1. The zero-order valence-corrected chi connectivity index (χ0v) is 10.6. The molecule has 0 amide bonds. The molecule has 1 aromatic rings. The van der Waals surface area contributed by atoms with Crippen molar-refractivity contribution in [1.29, 1.82) is 0 Å². The Morgan fingerprint density at radius 2 is 1.76 bits per heavy atom. The normalized spacial score (nSPS) is 18.9. The molecule has 5 heteroatoms. The number of nitro groups is 1. The van der Waals surface area contributed by atoms with E-state index in [-0.39, 0.29) is 5.69 Å². The van der Waals surface area contributed by atoms with Crippen molar-refractivity contribution in [3.63, 3.8) is 0 Å². The highest BCUT2D eigenvalue weighted by Crippen LogP contribution is 2.60. The minimum Gasteiger partial charge on any atom is -0.380 e. The van der Waals surface area contributed by atoms with Crippen molar-refractivity contribution >= 4 is 13.2 Å². The first-order chi connectivity index (χ1) is 8.09. The molecule has 17 heavy (non-hydrogen) atoms. The molecule has 0 unspecified atom stereocenters. The molecule has 1 saturated heterocycles. The molecule has 2 rings (SSSR count). The fraction of sp³-hybridized carbons (Fsp3) is 0.500. The topological polar surface area (TPSA) is 63.4 Å². The monoisotopic (exact) mass is 254 g/mol. The van der Waals surface area contributed by atoms with Gasteiger partial charge in [0.25, 0.3) is 5.69 Å². The highest BCUT2D eigenvalue weighted by molar-refractivity contribution is 7.69. The van der Waals surface area contributed by atoms with Crippen LogP contribution in [-0.2, 0) is 6.16 Å². The summed E-state index contributed by atoms with van der Waals surface area (Å²) in [7, 11) is -1.79. The summed E-state index contributed by atoms with van der Waals surface area (Å²) in [6, 6.07) is 6.58. The van der Waals surface area contributed by atoms with Gasteiger partial charge in [-0.05, 0) is 38.2 Å². The van der Waals surface area contributed by atoms with E-state index in [2.05, 4.69) is 0 Å². The van der Waals surface area contributed by atoms with Gasteiger partial charge in [0.05, 0.1) is 4.92 Å². The molecule has 1 radical (unpaired) electrons. The van der Waals surface area contributed by atoms with Crippen LogP contribution in [0.25, 0.3) is 0 Å². The van der Waals surface area contributed by atoms with Gasteiger partial charge in [-0.1, -0.05) is 18.6 Å². The predicted molar refractivity (Wildman–Crippen MR) is 69.5 cm³/mol. The molecule has 1 fully saturated rings. The molecule has 0 spiro atoms. The van der Waals surface area contributed by atoms with Crippen LogP contribution in [0.3, 0.4) is 0 Å². The molecule has 0 atom stereocenters. The quantitative estimate of drug-likeness (QED) is 0.511. The summed E-state index contributed by atoms with van der Waals surface area (Å²) in [4.78, 5) is 20.6. The molecular formula is C12H17NO3P. The molecule has 1 aliphatic rings. The molecule has 1 N–H and O–H groups in total. The third kappa shape index (κ3) is 3.24. The Hall–Kier alpha value is -0.990. The number of benzene rings is 1. The minimum absolute atomic E-state index is 0.114. The molecule has 0 bridgehead atoms. The van der Waals surface area contributed by atoms with Crippen molar-refractivity contribution in [1.82, 2.24) is 0 Å². The number of rotatable bonds is 3. The van der Waals surface area contributed by atoms with Gasteiger partial charge in [-0.2, -0.15) is 0 Å². The lowest BCUT2D eigenvalue weighted by molar-refractivity contribution is -0.384. The summed E-state index contributed by atoms with van der Waals surface area (Å²) in [6.45, 7) is 0. The van der Waals surface area contributed by atoms with Crippen molar-refractivity contribution < 1.29 is 9.82 Å². The van der Waals surface area contributed by atoms with Gasteiger partial charge in [0, 0.05) is 18.3 Å². The van der Waals surface area contributed by atoms with E-state index in [1.165, 1.54) is 18.6 Å². The fourth-order valence-electron chi connectivity index (χ4n) is 2.32. The van der Waals surface area contributed by atoms with Gasteiger partial charge in [0.15, 0.2) is 0 Å². The van der Waals surface area contributed by atoms with Crippen LogP contribution in [0.4, 0.5) is 5.69 Å². The summed E-state index contributed by atoms with van der Waals surface area (Å²) < 4.78 is 0. The maximum absolute atomic E-state index is 10.5. The summed E-state index contributed by atoms with van der Waals surface area (Å²) >= 11 is 0. The van der Waals surface area contributed by atoms with Gasteiger partial charge in [0.1, 0.15) is 0 Å². The van der Waals surface area contributed by atoms with Crippen LogP contribution in [0.2, 0.25) is 0 Å². The van der Waals surface area contributed by atoms with E-state index in [0.29, 0.717) is 6.16 Å². The Balaban J connectivity index is 2.05. The highest BCUT2D eigenvalue weighted by atomic mass is 31.2. The van der Waals surface area contributed by atoms with Crippen LogP contribution in [0.15, 0.2) is 24.3 Å². The highest BCUT2D eigenvalue weighted by Gasteiger charge is 2.27. The Kier molecular flexibility index (Phi) is 3.75. The van der Waals surface area contributed by atoms with Crippen molar-refractivity contribution in [2.45, 2.75) is 25.4 Å². The van der Waals surface area contributed by atoms with E-state index >= 15 is 0 Å². The number of hydrogen-bond acceptors (Lipinski definition) is 3. The second-order valence-corrected chi connectivity index (χ2v) is 8.09. The third-order valence-electron chi connectivity index (χ3n) is 3.27. The van der Waals surface area contributed by atoms with E-state index in [1.807, 2.05) is 0 Å². The number of non-ortho nitro benzene ring substituents is 1. The van der Waals surface area contributed by atoms with Gasteiger partial charge >= 0.3 is 0 Å². The second-order valence-electron chi connectivity index (χ2n) is 4.68. The minimum atomic E-state index is -1.79. The summed E-state index contributed by atoms with van der Waals surface area (Å²) in [5, 5.41) is 10.5. The van der Waals surface area contributed by atoms with Crippen LogP contribution in [-0.4, -0.2) is 22.1 Å². The van der Waals surface area contributed by atoms with Crippen LogP contribution < -0.4 is 0 Å². The van der Waals surface area contributed by atoms with E-state index in [1.54, 1.807) is 12.1 Å².